The Morgan fingerprint density at radius 3 is 2.80 bits per heavy atom. The van der Waals surface area contributed by atoms with Crippen molar-refractivity contribution in [1.29, 1.82) is 5.26 Å². The summed E-state index contributed by atoms with van der Waals surface area (Å²) in [6.45, 7) is 1.81. The molecule has 2 aromatic rings. The van der Waals surface area contributed by atoms with Crippen LogP contribution < -0.4 is 0 Å². The van der Waals surface area contributed by atoms with Crippen LogP contribution in [-0.4, -0.2) is 9.97 Å². The average molecular weight is 264 g/mol. The van der Waals surface area contributed by atoms with Crippen molar-refractivity contribution < 1.29 is 4.42 Å². The average Bonchev–Trinajstić information content (AvgIpc) is 2.64. The first-order chi connectivity index (χ1) is 7.19. The molecular formula is C10H6BrN3O. The van der Waals surface area contributed by atoms with E-state index in [1.807, 2.05) is 13.0 Å². The zero-order chi connectivity index (χ0) is 10.8. The van der Waals surface area contributed by atoms with Gasteiger partial charge < -0.3 is 4.42 Å². The maximum atomic E-state index is 8.76. The molecule has 0 unspecified atom stereocenters. The molecule has 74 valence electrons. The van der Waals surface area contributed by atoms with Crippen LogP contribution in [0.5, 0.6) is 0 Å². The van der Waals surface area contributed by atoms with Crippen LogP contribution in [0.1, 0.15) is 11.4 Å². The molecule has 5 heteroatoms. The molecule has 2 heterocycles. The number of furan rings is 1. The number of halogens is 1. The lowest BCUT2D eigenvalue weighted by Gasteiger charge is -1.97. The van der Waals surface area contributed by atoms with Crippen molar-refractivity contribution in [2.75, 3.05) is 0 Å². The van der Waals surface area contributed by atoms with Crippen molar-refractivity contribution in [3.05, 3.63) is 34.3 Å². The number of hydrogen-bond donors (Lipinski definition) is 0. The van der Waals surface area contributed by atoms with Crippen molar-refractivity contribution in [3.8, 4) is 17.7 Å². The number of nitriles is 1. The Kier molecular flexibility index (Phi) is 2.52. The van der Waals surface area contributed by atoms with Gasteiger partial charge in [0.1, 0.15) is 11.8 Å². The Balaban J connectivity index is 2.54. The van der Waals surface area contributed by atoms with Gasteiger partial charge in [0.05, 0.1) is 0 Å². The standard InChI is InChI=1S/C10H6BrN3O/c1-6-4-7(5-12)14-10(13-6)8-2-3-9(11)15-8/h2-4H,1H3. The van der Waals surface area contributed by atoms with E-state index in [2.05, 4.69) is 25.9 Å². The molecule has 0 N–H and O–H groups in total. The maximum Gasteiger partial charge on any atom is 0.197 e. The molecule has 0 aliphatic carbocycles. The monoisotopic (exact) mass is 263 g/mol. The minimum absolute atomic E-state index is 0.338. The Morgan fingerprint density at radius 1 is 1.40 bits per heavy atom. The Labute approximate surface area is 94.7 Å². The summed E-state index contributed by atoms with van der Waals surface area (Å²) in [5, 5.41) is 8.76. The third-order valence-corrected chi connectivity index (χ3v) is 2.19. The summed E-state index contributed by atoms with van der Waals surface area (Å²) in [5.74, 6) is 0.972. The molecule has 0 radical (unpaired) electrons. The molecule has 2 aromatic heterocycles. The third-order valence-electron chi connectivity index (χ3n) is 1.76. The largest absolute Gasteiger partial charge is 0.446 e. The summed E-state index contributed by atoms with van der Waals surface area (Å²) in [5.41, 5.74) is 1.08. The van der Waals surface area contributed by atoms with Crippen LogP contribution in [0.25, 0.3) is 11.6 Å². The SMILES string of the molecule is Cc1cc(C#N)nc(-c2ccc(Br)o2)n1. The highest BCUT2D eigenvalue weighted by Gasteiger charge is 2.08. The van der Waals surface area contributed by atoms with Gasteiger partial charge in [-0.2, -0.15) is 5.26 Å². The summed E-state index contributed by atoms with van der Waals surface area (Å²) < 4.78 is 5.92. The molecule has 15 heavy (non-hydrogen) atoms. The summed E-state index contributed by atoms with van der Waals surface area (Å²) in [7, 11) is 0. The number of rotatable bonds is 1. The van der Waals surface area contributed by atoms with E-state index in [0.29, 0.717) is 21.9 Å². The fourth-order valence-corrected chi connectivity index (χ4v) is 1.48. The molecule has 0 saturated carbocycles. The molecule has 4 nitrogen and oxygen atoms in total. The maximum absolute atomic E-state index is 8.76. The molecule has 0 aromatic carbocycles. The van der Waals surface area contributed by atoms with Gasteiger partial charge in [0.15, 0.2) is 16.3 Å². The molecule has 0 aliphatic rings. The van der Waals surface area contributed by atoms with Gasteiger partial charge in [0.25, 0.3) is 0 Å². The number of hydrogen-bond acceptors (Lipinski definition) is 4. The second-order valence-corrected chi connectivity index (χ2v) is 3.72. The summed E-state index contributed by atoms with van der Waals surface area (Å²) in [4.78, 5) is 8.24. The van der Waals surface area contributed by atoms with Gasteiger partial charge in [0, 0.05) is 5.69 Å². The number of aromatic nitrogens is 2. The van der Waals surface area contributed by atoms with Crippen molar-refractivity contribution in [2.24, 2.45) is 0 Å². The lowest BCUT2D eigenvalue weighted by Crippen LogP contribution is -1.93. The highest BCUT2D eigenvalue weighted by Crippen LogP contribution is 2.22. The van der Waals surface area contributed by atoms with Crippen molar-refractivity contribution in [2.45, 2.75) is 6.92 Å². The first-order valence-electron chi connectivity index (χ1n) is 4.20. The van der Waals surface area contributed by atoms with Gasteiger partial charge in [0.2, 0.25) is 0 Å². The Bertz CT molecular complexity index is 542. The predicted octanol–water partition coefficient (Wildman–Crippen LogP) is 2.68. The molecule has 0 saturated heterocycles. The van der Waals surface area contributed by atoms with E-state index in [1.54, 1.807) is 18.2 Å². The fourth-order valence-electron chi connectivity index (χ4n) is 1.17. The second kappa shape index (κ2) is 3.83. The number of nitrogens with zero attached hydrogens (tertiary/aromatic N) is 3. The zero-order valence-corrected chi connectivity index (χ0v) is 9.45. The van der Waals surface area contributed by atoms with Crippen LogP contribution in [0.15, 0.2) is 27.3 Å². The summed E-state index contributed by atoms with van der Waals surface area (Å²) >= 11 is 3.20. The molecule has 0 atom stereocenters. The summed E-state index contributed by atoms with van der Waals surface area (Å²) in [6.07, 6.45) is 0. The van der Waals surface area contributed by atoms with E-state index >= 15 is 0 Å². The quantitative estimate of drug-likeness (QED) is 0.794. The van der Waals surface area contributed by atoms with E-state index in [4.69, 9.17) is 9.68 Å². The minimum atomic E-state index is 0.338. The normalized spacial score (nSPS) is 9.93. The molecule has 0 aliphatic heterocycles. The minimum Gasteiger partial charge on any atom is -0.446 e. The smallest absolute Gasteiger partial charge is 0.197 e. The van der Waals surface area contributed by atoms with Crippen molar-refractivity contribution in [1.82, 2.24) is 9.97 Å². The highest BCUT2D eigenvalue weighted by atomic mass is 79.9. The van der Waals surface area contributed by atoms with Crippen LogP contribution in [0.3, 0.4) is 0 Å². The van der Waals surface area contributed by atoms with Gasteiger partial charge in [-0.25, -0.2) is 9.97 Å². The van der Waals surface area contributed by atoms with Crippen LogP contribution >= 0.6 is 15.9 Å². The van der Waals surface area contributed by atoms with Crippen LogP contribution in [0.4, 0.5) is 0 Å². The van der Waals surface area contributed by atoms with Gasteiger partial charge in [-0.15, -0.1) is 0 Å². The van der Waals surface area contributed by atoms with Gasteiger partial charge in [-0.05, 0) is 41.1 Å². The molecule has 2 rings (SSSR count). The van der Waals surface area contributed by atoms with E-state index < -0.39 is 0 Å². The highest BCUT2D eigenvalue weighted by molar-refractivity contribution is 9.10. The second-order valence-electron chi connectivity index (χ2n) is 2.93. The lowest BCUT2D eigenvalue weighted by molar-refractivity contribution is 0.551. The first kappa shape index (κ1) is 9.87. The molecule has 0 spiro atoms. The van der Waals surface area contributed by atoms with E-state index in [1.165, 1.54) is 0 Å². The summed E-state index contributed by atoms with van der Waals surface area (Å²) in [6, 6.07) is 7.11. The van der Waals surface area contributed by atoms with Crippen LogP contribution in [0.2, 0.25) is 0 Å². The predicted molar refractivity (Wildman–Crippen MR) is 56.9 cm³/mol. The lowest BCUT2D eigenvalue weighted by atomic mass is 10.3. The molecule has 0 fully saturated rings. The van der Waals surface area contributed by atoms with E-state index in [9.17, 15) is 0 Å². The Morgan fingerprint density at radius 2 is 2.20 bits per heavy atom. The number of aryl methyl sites for hydroxylation is 1. The van der Waals surface area contributed by atoms with Crippen LogP contribution in [0, 0.1) is 18.3 Å². The van der Waals surface area contributed by atoms with E-state index in [-0.39, 0.29) is 0 Å². The first-order valence-corrected chi connectivity index (χ1v) is 5.00. The third kappa shape index (κ3) is 2.05. The van der Waals surface area contributed by atoms with Gasteiger partial charge >= 0.3 is 0 Å². The fraction of sp³-hybridized carbons (Fsp3) is 0.100. The van der Waals surface area contributed by atoms with Crippen LogP contribution in [-0.2, 0) is 0 Å². The zero-order valence-electron chi connectivity index (χ0n) is 7.86. The van der Waals surface area contributed by atoms with Crippen molar-refractivity contribution >= 4 is 15.9 Å². The molecular weight excluding hydrogens is 258 g/mol. The molecule has 0 bridgehead atoms. The van der Waals surface area contributed by atoms with Gasteiger partial charge in [-0.3, -0.25) is 0 Å². The topological polar surface area (TPSA) is 62.7 Å². The van der Waals surface area contributed by atoms with E-state index in [0.717, 1.165) is 5.69 Å². The Hall–Kier alpha value is -1.67. The van der Waals surface area contributed by atoms with Gasteiger partial charge in [-0.1, -0.05) is 0 Å². The molecule has 0 amide bonds. The van der Waals surface area contributed by atoms with Crippen molar-refractivity contribution in [3.63, 3.8) is 0 Å².